The van der Waals surface area contributed by atoms with Crippen molar-refractivity contribution in [3.8, 4) is 11.5 Å². The predicted molar refractivity (Wildman–Crippen MR) is 135 cm³/mol. The van der Waals surface area contributed by atoms with Crippen molar-refractivity contribution in [3.63, 3.8) is 0 Å². The van der Waals surface area contributed by atoms with Gasteiger partial charge in [0.2, 0.25) is 0 Å². The van der Waals surface area contributed by atoms with E-state index >= 15 is 0 Å². The maximum absolute atomic E-state index is 13.2. The van der Waals surface area contributed by atoms with E-state index in [9.17, 15) is 14.7 Å². The number of aliphatic hydroxyl groups excluding tert-OH is 1. The molecule has 6 nitrogen and oxygen atoms in total. The van der Waals surface area contributed by atoms with Gasteiger partial charge in [0.15, 0.2) is 0 Å². The summed E-state index contributed by atoms with van der Waals surface area (Å²) in [6.07, 6.45) is 0.510. The summed E-state index contributed by atoms with van der Waals surface area (Å²) in [5, 5.41) is 11.7. The van der Waals surface area contributed by atoms with Gasteiger partial charge in [-0.05, 0) is 60.0 Å². The lowest BCUT2D eigenvalue weighted by Gasteiger charge is -2.25. The quantitative estimate of drug-likeness (QED) is 0.251. The van der Waals surface area contributed by atoms with Crippen LogP contribution in [0.15, 0.2) is 72.3 Å². The second kappa shape index (κ2) is 10.4. The molecule has 3 aromatic carbocycles. The van der Waals surface area contributed by atoms with Gasteiger partial charge >= 0.3 is 0 Å². The summed E-state index contributed by atoms with van der Waals surface area (Å²) in [5.74, 6) is -0.387. The molecule has 0 aromatic heterocycles. The molecule has 4 rings (SSSR count). The van der Waals surface area contributed by atoms with Crippen LogP contribution in [0, 0.1) is 0 Å². The molecule has 1 aliphatic heterocycles. The van der Waals surface area contributed by atoms with E-state index in [1.807, 2.05) is 24.3 Å². The first kappa shape index (κ1) is 24.6. The summed E-state index contributed by atoms with van der Waals surface area (Å²) >= 11 is 12.1. The van der Waals surface area contributed by atoms with Gasteiger partial charge in [0.25, 0.3) is 11.7 Å². The number of methoxy groups -OCH3 is 2. The summed E-state index contributed by atoms with van der Waals surface area (Å²) in [5.41, 5.74) is 1.94. The van der Waals surface area contributed by atoms with E-state index in [4.69, 9.17) is 32.7 Å². The van der Waals surface area contributed by atoms with E-state index in [1.54, 1.807) is 44.6 Å². The van der Waals surface area contributed by atoms with Crippen LogP contribution in [0.1, 0.15) is 22.7 Å². The van der Waals surface area contributed by atoms with Crippen LogP contribution in [0.5, 0.6) is 11.5 Å². The maximum Gasteiger partial charge on any atom is 0.295 e. The van der Waals surface area contributed by atoms with Crippen LogP contribution in [0.4, 0.5) is 0 Å². The molecule has 8 heteroatoms. The molecule has 180 valence electrons. The lowest BCUT2D eigenvalue weighted by Crippen LogP contribution is -2.31. The van der Waals surface area contributed by atoms with Gasteiger partial charge in [0.1, 0.15) is 17.3 Å². The van der Waals surface area contributed by atoms with E-state index in [1.165, 1.54) is 17.0 Å². The number of carbonyl (C=O) groups is 2. The smallest absolute Gasteiger partial charge is 0.295 e. The summed E-state index contributed by atoms with van der Waals surface area (Å²) < 4.78 is 10.4. The Morgan fingerprint density at radius 2 is 1.49 bits per heavy atom. The number of hydrogen-bond donors (Lipinski definition) is 1. The highest BCUT2D eigenvalue weighted by Crippen LogP contribution is 2.40. The molecule has 3 aromatic rings. The lowest BCUT2D eigenvalue weighted by molar-refractivity contribution is -0.139. The summed E-state index contributed by atoms with van der Waals surface area (Å²) in [7, 11) is 3.15. The highest BCUT2D eigenvalue weighted by atomic mass is 35.5. The Morgan fingerprint density at radius 3 is 2.06 bits per heavy atom. The first-order valence-electron chi connectivity index (χ1n) is 10.8. The van der Waals surface area contributed by atoms with Gasteiger partial charge in [-0.1, -0.05) is 47.5 Å². The van der Waals surface area contributed by atoms with Crippen LogP contribution < -0.4 is 9.47 Å². The van der Waals surface area contributed by atoms with Gasteiger partial charge in [-0.15, -0.1) is 0 Å². The number of halogens is 2. The number of rotatable bonds is 7. The number of likely N-dealkylation sites (tertiary alicyclic amines) is 1. The first-order chi connectivity index (χ1) is 16.8. The van der Waals surface area contributed by atoms with E-state index in [2.05, 4.69) is 0 Å². The fourth-order valence-corrected chi connectivity index (χ4v) is 4.38. The van der Waals surface area contributed by atoms with Gasteiger partial charge < -0.3 is 19.5 Å². The third kappa shape index (κ3) is 4.99. The number of ether oxygens (including phenoxy) is 2. The molecule has 1 amide bonds. The molecule has 1 N–H and O–H groups in total. The molecular weight excluding hydrogens is 489 g/mol. The predicted octanol–water partition coefficient (Wildman–Crippen LogP) is 5.68. The number of ketones is 1. The van der Waals surface area contributed by atoms with Crippen molar-refractivity contribution in [1.29, 1.82) is 0 Å². The largest absolute Gasteiger partial charge is 0.507 e. The SMILES string of the molecule is COc1ccc(CCN2C(=O)C(=O)/C(=C(\O)c3ccc(Cl)c(Cl)c3)C2c2ccc(OC)cc2)cc1. The molecule has 1 unspecified atom stereocenters. The number of benzene rings is 3. The zero-order valence-corrected chi connectivity index (χ0v) is 20.6. The van der Waals surface area contributed by atoms with Crippen molar-refractivity contribution < 1.29 is 24.2 Å². The topological polar surface area (TPSA) is 76.1 Å². The zero-order chi connectivity index (χ0) is 25.1. The van der Waals surface area contributed by atoms with Crippen molar-refractivity contribution in [1.82, 2.24) is 4.90 Å². The van der Waals surface area contributed by atoms with E-state index < -0.39 is 17.7 Å². The lowest BCUT2D eigenvalue weighted by atomic mass is 9.95. The molecular formula is C27H23Cl2NO5. The third-order valence-corrected chi connectivity index (χ3v) is 6.70. The number of carbonyl (C=O) groups excluding carboxylic acids is 2. The Bertz CT molecular complexity index is 1290. The van der Waals surface area contributed by atoms with Gasteiger partial charge in [0.05, 0.1) is 35.9 Å². The Kier molecular flexibility index (Phi) is 7.34. The second-order valence-electron chi connectivity index (χ2n) is 7.99. The van der Waals surface area contributed by atoms with Gasteiger partial charge in [-0.25, -0.2) is 0 Å². The summed E-state index contributed by atoms with van der Waals surface area (Å²) in [4.78, 5) is 27.8. The molecule has 0 saturated carbocycles. The number of amides is 1. The number of nitrogens with zero attached hydrogens (tertiary/aromatic N) is 1. The Balaban J connectivity index is 1.75. The van der Waals surface area contributed by atoms with Gasteiger partial charge in [-0.2, -0.15) is 0 Å². The van der Waals surface area contributed by atoms with Crippen LogP contribution in [-0.2, 0) is 16.0 Å². The van der Waals surface area contributed by atoms with Gasteiger partial charge in [0, 0.05) is 12.1 Å². The molecule has 1 heterocycles. The minimum absolute atomic E-state index is 0.00622. The molecule has 1 aliphatic rings. The molecule has 0 bridgehead atoms. The van der Waals surface area contributed by atoms with Crippen LogP contribution in [0.25, 0.3) is 5.76 Å². The summed E-state index contributed by atoms with van der Waals surface area (Å²) in [6, 6.07) is 18.3. The average Bonchev–Trinajstić information content (AvgIpc) is 3.13. The molecule has 1 fully saturated rings. The zero-order valence-electron chi connectivity index (χ0n) is 19.1. The summed E-state index contributed by atoms with van der Waals surface area (Å²) in [6.45, 7) is 0.270. The minimum Gasteiger partial charge on any atom is -0.507 e. The monoisotopic (exact) mass is 511 g/mol. The molecule has 0 radical (unpaired) electrons. The Labute approximate surface area is 213 Å². The van der Waals surface area contributed by atoms with Crippen LogP contribution >= 0.6 is 23.2 Å². The van der Waals surface area contributed by atoms with E-state index in [-0.39, 0.29) is 22.9 Å². The van der Waals surface area contributed by atoms with Crippen molar-refractivity contribution in [2.45, 2.75) is 12.5 Å². The second-order valence-corrected chi connectivity index (χ2v) is 8.81. The third-order valence-electron chi connectivity index (χ3n) is 5.96. The maximum atomic E-state index is 13.2. The van der Waals surface area contributed by atoms with E-state index in [0.717, 1.165) is 11.3 Å². The molecule has 1 atom stereocenters. The molecule has 0 spiro atoms. The van der Waals surface area contributed by atoms with Crippen molar-refractivity contribution in [2.75, 3.05) is 20.8 Å². The molecule has 0 aliphatic carbocycles. The van der Waals surface area contributed by atoms with Crippen molar-refractivity contribution in [2.24, 2.45) is 0 Å². The number of hydrogen-bond acceptors (Lipinski definition) is 5. The van der Waals surface area contributed by atoms with Gasteiger partial charge in [-0.3, -0.25) is 9.59 Å². The van der Waals surface area contributed by atoms with E-state index in [0.29, 0.717) is 28.3 Å². The van der Waals surface area contributed by atoms with Crippen LogP contribution in [0.2, 0.25) is 10.0 Å². The Morgan fingerprint density at radius 1 is 0.886 bits per heavy atom. The van der Waals surface area contributed by atoms with Crippen molar-refractivity contribution in [3.05, 3.63) is 99.0 Å². The molecule has 1 saturated heterocycles. The highest BCUT2D eigenvalue weighted by molar-refractivity contribution is 6.46. The fourth-order valence-electron chi connectivity index (χ4n) is 4.08. The van der Waals surface area contributed by atoms with Crippen molar-refractivity contribution >= 4 is 40.7 Å². The number of Topliss-reactive ketones (excluding diaryl/α,β-unsaturated/α-hetero) is 1. The standard InChI is InChI=1S/C27H23Cl2NO5/c1-34-19-8-3-16(4-9-19)13-14-30-24(17-5-10-20(35-2)11-6-17)23(26(32)27(30)33)25(31)18-7-12-21(28)22(29)15-18/h3-12,15,24,31H,13-14H2,1-2H3/b25-23-. The minimum atomic E-state index is -0.784. The highest BCUT2D eigenvalue weighted by Gasteiger charge is 2.45. The fraction of sp³-hybridized carbons (Fsp3) is 0.185. The van der Waals surface area contributed by atoms with Crippen LogP contribution in [-0.4, -0.2) is 42.5 Å². The number of aliphatic hydroxyl groups is 1. The first-order valence-corrected chi connectivity index (χ1v) is 11.6. The molecule has 35 heavy (non-hydrogen) atoms. The average molecular weight is 512 g/mol. The normalized spacial score (nSPS) is 17.0. The Hall–Kier alpha value is -3.48. The van der Waals surface area contributed by atoms with Crippen LogP contribution in [0.3, 0.4) is 0 Å².